The zero-order valence-electron chi connectivity index (χ0n) is 11.8. The van der Waals surface area contributed by atoms with Crippen LogP contribution in [0.5, 0.6) is 0 Å². The smallest absolute Gasteiger partial charge is 0.302 e. The molecule has 0 atom stereocenters. The van der Waals surface area contributed by atoms with Crippen molar-refractivity contribution in [3.05, 3.63) is 57.0 Å². The number of halogens is 3. The van der Waals surface area contributed by atoms with Gasteiger partial charge >= 0.3 is 6.18 Å². The van der Waals surface area contributed by atoms with Crippen LogP contribution in [0.2, 0.25) is 0 Å². The molecule has 0 aliphatic heterocycles. The summed E-state index contributed by atoms with van der Waals surface area (Å²) in [5.74, 6) is -0.338. The van der Waals surface area contributed by atoms with Crippen molar-refractivity contribution < 1.29 is 18.0 Å². The molecule has 0 spiro atoms. The van der Waals surface area contributed by atoms with E-state index in [1.54, 1.807) is 6.26 Å². The van der Waals surface area contributed by atoms with Crippen LogP contribution >= 0.6 is 11.8 Å². The number of ketones is 1. The zero-order chi connectivity index (χ0) is 16.5. The normalized spacial score (nSPS) is 11.7. The molecule has 118 valence electrons. The van der Waals surface area contributed by atoms with Crippen LogP contribution in [0.1, 0.15) is 27.0 Å². The Kier molecular flexibility index (Phi) is 4.50. The van der Waals surface area contributed by atoms with Crippen LogP contribution in [0.25, 0.3) is 0 Å². The summed E-state index contributed by atoms with van der Waals surface area (Å²) < 4.78 is 39.5. The van der Waals surface area contributed by atoms with E-state index in [-0.39, 0.29) is 22.4 Å². The maximum atomic E-state index is 12.8. The Morgan fingerprint density at radius 3 is 2.50 bits per heavy atom. The van der Waals surface area contributed by atoms with Gasteiger partial charge in [0.15, 0.2) is 5.78 Å². The number of aryl methyl sites for hydroxylation is 1. The molecule has 0 unspecified atom stereocenters. The van der Waals surface area contributed by atoms with E-state index in [1.165, 1.54) is 25.0 Å². The molecule has 1 heterocycles. The number of nitrogens with one attached hydrogen (secondary N) is 1. The molecule has 4 nitrogen and oxygen atoms in total. The highest BCUT2D eigenvalue weighted by Gasteiger charge is 2.31. The van der Waals surface area contributed by atoms with Gasteiger partial charge in [0, 0.05) is 24.6 Å². The third-order valence-electron chi connectivity index (χ3n) is 3.16. The van der Waals surface area contributed by atoms with Crippen molar-refractivity contribution in [2.75, 3.05) is 6.26 Å². The largest absolute Gasteiger partial charge is 0.416 e. The van der Waals surface area contributed by atoms with Crippen LogP contribution in [0.4, 0.5) is 13.2 Å². The summed E-state index contributed by atoms with van der Waals surface area (Å²) in [7, 11) is 1.45. The molecule has 22 heavy (non-hydrogen) atoms. The molecule has 0 saturated heterocycles. The molecule has 8 heteroatoms. The van der Waals surface area contributed by atoms with Crippen LogP contribution in [-0.4, -0.2) is 21.8 Å². The highest BCUT2D eigenvalue weighted by atomic mass is 32.2. The minimum atomic E-state index is -4.47. The first-order valence-electron chi connectivity index (χ1n) is 6.24. The lowest BCUT2D eigenvalue weighted by atomic mass is 9.98. The van der Waals surface area contributed by atoms with Gasteiger partial charge < -0.3 is 5.10 Å². The van der Waals surface area contributed by atoms with Gasteiger partial charge in [0.25, 0.3) is 5.56 Å². The summed E-state index contributed by atoms with van der Waals surface area (Å²) in [6.07, 6.45) is -1.49. The van der Waals surface area contributed by atoms with Gasteiger partial charge in [0.1, 0.15) is 5.56 Å². The Morgan fingerprint density at radius 1 is 1.32 bits per heavy atom. The minimum Gasteiger partial charge on any atom is -0.302 e. The molecule has 1 N–H and O–H groups in total. The van der Waals surface area contributed by atoms with Crippen molar-refractivity contribution in [2.45, 2.75) is 11.9 Å². The van der Waals surface area contributed by atoms with Crippen LogP contribution in [0.15, 0.2) is 29.2 Å². The average molecular weight is 330 g/mol. The number of H-pyrrole nitrogens is 1. The first-order valence-corrected chi connectivity index (χ1v) is 7.63. The summed E-state index contributed by atoms with van der Waals surface area (Å²) in [5.41, 5.74) is -1.05. The third kappa shape index (κ3) is 3.11. The van der Waals surface area contributed by atoms with Crippen LogP contribution in [-0.2, 0) is 19.0 Å². The summed E-state index contributed by atoms with van der Waals surface area (Å²) in [4.78, 5) is 24.2. The second-order valence-electron chi connectivity index (χ2n) is 4.68. The Bertz CT molecular complexity index is 762. The number of alkyl halides is 3. The van der Waals surface area contributed by atoms with Crippen molar-refractivity contribution in [2.24, 2.45) is 7.05 Å². The number of nitrogens with zero attached hydrogens (tertiary/aromatic N) is 1. The Balaban J connectivity index is 2.52. The van der Waals surface area contributed by atoms with E-state index in [0.29, 0.717) is 0 Å². The second-order valence-corrected chi connectivity index (χ2v) is 5.55. The van der Waals surface area contributed by atoms with Gasteiger partial charge in [-0.15, -0.1) is 0 Å². The second kappa shape index (κ2) is 6.04. The number of aromatic nitrogens is 2. The average Bonchev–Trinajstić information content (AvgIpc) is 2.78. The topological polar surface area (TPSA) is 54.9 Å². The SMILES string of the molecule is CSCc1cc(C(F)(F)F)ccc1C(=O)c1c[nH]n(C)c1=O. The van der Waals surface area contributed by atoms with E-state index in [1.807, 2.05) is 0 Å². The molecule has 0 amide bonds. The quantitative estimate of drug-likeness (QED) is 0.877. The van der Waals surface area contributed by atoms with Gasteiger partial charge in [-0.3, -0.25) is 14.3 Å². The Labute approximate surface area is 128 Å². The molecule has 2 aromatic rings. The van der Waals surface area contributed by atoms with Crippen LogP contribution in [0.3, 0.4) is 0 Å². The monoisotopic (exact) mass is 330 g/mol. The molecule has 0 aliphatic carbocycles. The summed E-state index contributed by atoms with van der Waals surface area (Å²) in [6.45, 7) is 0. The molecule has 1 aromatic heterocycles. The molecule has 0 aliphatic rings. The fourth-order valence-corrected chi connectivity index (χ4v) is 2.59. The van der Waals surface area contributed by atoms with E-state index in [2.05, 4.69) is 5.10 Å². The number of hydrogen-bond donors (Lipinski definition) is 1. The Morgan fingerprint density at radius 2 is 2.00 bits per heavy atom. The predicted octanol–water partition coefficient (Wildman–Crippen LogP) is 2.83. The molecule has 2 rings (SSSR count). The highest BCUT2D eigenvalue weighted by Crippen LogP contribution is 2.31. The summed E-state index contributed by atoms with van der Waals surface area (Å²) >= 11 is 1.30. The fraction of sp³-hybridized carbons (Fsp3) is 0.286. The molecule has 0 saturated carbocycles. The first kappa shape index (κ1) is 16.4. The van der Waals surface area contributed by atoms with Gasteiger partial charge in [-0.25, -0.2) is 0 Å². The van der Waals surface area contributed by atoms with Gasteiger partial charge in [-0.2, -0.15) is 24.9 Å². The van der Waals surface area contributed by atoms with Crippen molar-refractivity contribution in [3.63, 3.8) is 0 Å². The van der Waals surface area contributed by atoms with E-state index in [0.717, 1.165) is 22.9 Å². The first-order chi connectivity index (χ1) is 10.3. The maximum Gasteiger partial charge on any atom is 0.416 e. The predicted molar refractivity (Wildman–Crippen MR) is 78.1 cm³/mol. The Hall–Kier alpha value is -1.96. The van der Waals surface area contributed by atoms with Gasteiger partial charge in [-0.1, -0.05) is 6.07 Å². The lowest BCUT2D eigenvalue weighted by Crippen LogP contribution is -2.20. The zero-order valence-corrected chi connectivity index (χ0v) is 12.6. The molecule has 0 radical (unpaired) electrons. The molecule has 1 aromatic carbocycles. The van der Waals surface area contributed by atoms with Crippen LogP contribution < -0.4 is 5.56 Å². The number of carbonyl (C=O) groups excluding carboxylic acids is 1. The number of benzene rings is 1. The maximum absolute atomic E-state index is 12.8. The van der Waals surface area contributed by atoms with E-state index in [4.69, 9.17) is 0 Å². The van der Waals surface area contributed by atoms with Gasteiger partial charge in [0.05, 0.1) is 5.56 Å². The van der Waals surface area contributed by atoms with Gasteiger partial charge in [-0.05, 0) is 24.0 Å². The lowest BCUT2D eigenvalue weighted by molar-refractivity contribution is -0.137. The number of carbonyl (C=O) groups is 1. The summed E-state index contributed by atoms with van der Waals surface area (Å²) in [5, 5.41) is 2.57. The number of thioether (sulfide) groups is 1. The van der Waals surface area contributed by atoms with E-state index >= 15 is 0 Å². The highest BCUT2D eigenvalue weighted by molar-refractivity contribution is 7.97. The molecule has 0 fully saturated rings. The minimum absolute atomic E-state index is 0.0930. The fourth-order valence-electron chi connectivity index (χ4n) is 2.04. The third-order valence-corrected chi connectivity index (χ3v) is 3.76. The van der Waals surface area contributed by atoms with Crippen molar-refractivity contribution in [1.29, 1.82) is 0 Å². The summed E-state index contributed by atoms with van der Waals surface area (Å²) in [6, 6.07) is 2.94. The van der Waals surface area contributed by atoms with E-state index < -0.39 is 23.1 Å². The molecular formula is C14H13F3N2O2S. The molecular weight excluding hydrogens is 317 g/mol. The number of hydrogen-bond acceptors (Lipinski definition) is 3. The molecule has 0 bridgehead atoms. The van der Waals surface area contributed by atoms with Gasteiger partial charge in [0.2, 0.25) is 0 Å². The van der Waals surface area contributed by atoms with E-state index in [9.17, 15) is 22.8 Å². The lowest BCUT2D eigenvalue weighted by Gasteiger charge is -2.12. The number of aromatic amines is 1. The standard InChI is InChI=1S/C14H13F3N2O2S/c1-19-13(21)11(6-18-19)12(20)10-4-3-9(14(15,16)17)5-8(10)7-22-2/h3-6,18H,7H2,1-2H3. The number of rotatable bonds is 4. The van der Waals surface area contributed by atoms with Crippen LogP contribution in [0, 0.1) is 0 Å². The van der Waals surface area contributed by atoms with Crippen molar-refractivity contribution in [3.8, 4) is 0 Å². The van der Waals surface area contributed by atoms with Crippen molar-refractivity contribution >= 4 is 17.5 Å². The van der Waals surface area contributed by atoms with Crippen molar-refractivity contribution in [1.82, 2.24) is 9.78 Å².